The Kier molecular flexibility index (Phi) is 6.40. The molecule has 4 nitrogen and oxygen atoms in total. The molecule has 1 amide bonds. The molecule has 27 heavy (non-hydrogen) atoms. The third-order valence-corrected chi connectivity index (χ3v) is 5.57. The molecule has 5 heteroatoms. The van der Waals surface area contributed by atoms with E-state index < -0.39 is 0 Å². The van der Waals surface area contributed by atoms with Crippen LogP contribution in [0.15, 0.2) is 54.6 Å². The van der Waals surface area contributed by atoms with Crippen LogP contribution in [-0.4, -0.2) is 36.0 Å². The molecule has 2 fully saturated rings. The van der Waals surface area contributed by atoms with Crippen LogP contribution >= 0.6 is 12.4 Å². The van der Waals surface area contributed by atoms with Crippen molar-refractivity contribution in [3.63, 3.8) is 0 Å². The Morgan fingerprint density at radius 1 is 1.00 bits per heavy atom. The summed E-state index contributed by atoms with van der Waals surface area (Å²) in [5, 5.41) is 0. The number of hydrogen-bond acceptors (Lipinski definition) is 3. The molecular formula is C22H27ClN2O2. The predicted octanol–water partition coefficient (Wildman–Crippen LogP) is 4.00. The largest absolute Gasteiger partial charge is 0.490 e. The average molecular weight is 387 g/mol. The van der Waals surface area contributed by atoms with E-state index in [2.05, 4.69) is 12.1 Å². The van der Waals surface area contributed by atoms with Crippen LogP contribution in [0.1, 0.15) is 47.5 Å². The Hall–Kier alpha value is -2.04. The molecule has 0 aromatic heterocycles. The van der Waals surface area contributed by atoms with Crippen LogP contribution in [0.4, 0.5) is 0 Å². The van der Waals surface area contributed by atoms with Crippen molar-refractivity contribution in [2.24, 2.45) is 5.73 Å². The zero-order valence-corrected chi connectivity index (χ0v) is 16.2. The summed E-state index contributed by atoms with van der Waals surface area (Å²) in [5.74, 6) is 1.03. The maximum Gasteiger partial charge on any atom is 0.254 e. The number of nitrogens with two attached hydrogens (primary N) is 1. The minimum absolute atomic E-state index is 0. The highest BCUT2D eigenvalue weighted by atomic mass is 35.5. The van der Waals surface area contributed by atoms with Crippen LogP contribution in [0.5, 0.6) is 5.75 Å². The molecular weight excluding hydrogens is 360 g/mol. The lowest BCUT2D eigenvalue weighted by atomic mass is 9.95. The maximum atomic E-state index is 13.0. The first-order chi connectivity index (χ1) is 12.7. The van der Waals surface area contributed by atoms with Crippen LogP contribution < -0.4 is 10.5 Å². The maximum absolute atomic E-state index is 13.0. The number of rotatable bonds is 4. The van der Waals surface area contributed by atoms with Crippen LogP contribution in [0.25, 0.3) is 0 Å². The molecule has 4 rings (SSSR count). The van der Waals surface area contributed by atoms with Gasteiger partial charge in [0.25, 0.3) is 5.91 Å². The van der Waals surface area contributed by atoms with Gasteiger partial charge in [0.05, 0.1) is 6.10 Å². The molecule has 0 spiro atoms. The highest BCUT2D eigenvalue weighted by molar-refractivity contribution is 5.95. The highest BCUT2D eigenvalue weighted by Crippen LogP contribution is 2.29. The van der Waals surface area contributed by atoms with Crippen molar-refractivity contribution in [3.8, 4) is 5.75 Å². The van der Waals surface area contributed by atoms with Gasteiger partial charge in [-0.15, -0.1) is 12.4 Å². The number of amides is 1. The number of hydrogen-bond donors (Lipinski definition) is 1. The summed E-state index contributed by atoms with van der Waals surface area (Å²) in [6.45, 7) is 1.25. The van der Waals surface area contributed by atoms with E-state index in [0.29, 0.717) is 24.8 Å². The Balaban J connectivity index is 0.00000210. The lowest BCUT2D eigenvalue weighted by molar-refractivity contribution is 0.0788. The summed E-state index contributed by atoms with van der Waals surface area (Å²) in [5.41, 5.74) is 8.22. The Morgan fingerprint density at radius 3 is 2.48 bits per heavy atom. The van der Waals surface area contributed by atoms with Crippen LogP contribution in [0.2, 0.25) is 0 Å². The first-order valence-corrected chi connectivity index (χ1v) is 9.57. The predicted molar refractivity (Wildman–Crippen MR) is 110 cm³/mol. The van der Waals surface area contributed by atoms with Crippen LogP contribution in [0.3, 0.4) is 0 Å². The molecule has 2 N–H and O–H groups in total. The van der Waals surface area contributed by atoms with E-state index in [4.69, 9.17) is 10.5 Å². The molecule has 2 aromatic rings. The van der Waals surface area contributed by atoms with Gasteiger partial charge in [-0.05, 0) is 49.4 Å². The van der Waals surface area contributed by atoms with Gasteiger partial charge in [-0.3, -0.25) is 4.79 Å². The third kappa shape index (κ3) is 4.45. The number of ether oxygens (including phenoxy) is 1. The first-order valence-electron chi connectivity index (χ1n) is 9.57. The lowest BCUT2D eigenvalue weighted by Crippen LogP contribution is -2.32. The van der Waals surface area contributed by atoms with Crippen LogP contribution in [-0.2, 0) is 0 Å². The van der Waals surface area contributed by atoms with Gasteiger partial charge in [-0.2, -0.15) is 0 Å². The van der Waals surface area contributed by atoms with Crippen molar-refractivity contribution in [1.82, 2.24) is 4.90 Å². The topological polar surface area (TPSA) is 55.6 Å². The second kappa shape index (κ2) is 8.77. The number of nitrogens with zero attached hydrogens (tertiary/aromatic N) is 1. The molecule has 2 aliphatic rings. The highest BCUT2D eigenvalue weighted by Gasteiger charge is 2.34. The zero-order chi connectivity index (χ0) is 17.9. The zero-order valence-electron chi connectivity index (χ0n) is 15.4. The normalized spacial score (nSPS) is 22.5. The van der Waals surface area contributed by atoms with E-state index in [9.17, 15) is 4.79 Å². The van der Waals surface area contributed by atoms with Crippen molar-refractivity contribution in [2.75, 3.05) is 13.1 Å². The molecule has 2 aromatic carbocycles. The summed E-state index contributed by atoms with van der Waals surface area (Å²) < 4.78 is 6.04. The Morgan fingerprint density at radius 2 is 1.74 bits per heavy atom. The second-order valence-corrected chi connectivity index (χ2v) is 7.44. The fraction of sp³-hybridized carbons (Fsp3) is 0.409. The summed E-state index contributed by atoms with van der Waals surface area (Å²) in [6.07, 6.45) is 4.98. The van der Waals surface area contributed by atoms with E-state index in [1.807, 2.05) is 47.4 Å². The SMILES string of the molecule is Cl.N[C@@H]1CN(C(=O)c2cccc(OC3CCCC3)c2)C[C@H]1c1ccccc1. The number of benzene rings is 2. The third-order valence-electron chi connectivity index (χ3n) is 5.57. The first kappa shape index (κ1) is 19.7. The van der Waals surface area contributed by atoms with E-state index in [0.717, 1.165) is 18.6 Å². The van der Waals surface area contributed by atoms with Gasteiger partial charge in [0.2, 0.25) is 0 Å². The molecule has 1 aliphatic carbocycles. The van der Waals surface area contributed by atoms with Gasteiger partial charge >= 0.3 is 0 Å². The Bertz CT molecular complexity index is 762. The fourth-order valence-electron chi connectivity index (χ4n) is 4.13. The van der Waals surface area contributed by atoms with Crippen molar-refractivity contribution >= 4 is 18.3 Å². The average Bonchev–Trinajstić information content (AvgIpc) is 3.32. The minimum Gasteiger partial charge on any atom is -0.490 e. The van der Waals surface area contributed by atoms with Gasteiger partial charge in [-0.1, -0.05) is 36.4 Å². The van der Waals surface area contributed by atoms with E-state index in [1.165, 1.54) is 18.4 Å². The lowest BCUT2D eigenvalue weighted by Gasteiger charge is -2.18. The monoisotopic (exact) mass is 386 g/mol. The van der Waals surface area contributed by atoms with Gasteiger partial charge in [0, 0.05) is 30.6 Å². The molecule has 1 saturated carbocycles. The van der Waals surface area contributed by atoms with Gasteiger partial charge in [0.15, 0.2) is 0 Å². The smallest absolute Gasteiger partial charge is 0.254 e. The van der Waals surface area contributed by atoms with Crippen molar-refractivity contribution < 1.29 is 9.53 Å². The Labute approximate surface area is 167 Å². The summed E-state index contributed by atoms with van der Waals surface area (Å²) in [6, 6.07) is 17.8. The van der Waals surface area contributed by atoms with Gasteiger partial charge in [0.1, 0.15) is 5.75 Å². The summed E-state index contributed by atoms with van der Waals surface area (Å²) in [7, 11) is 0. The molecule has 144 valence electrons. The summed E-state index contributed by atoms with van der Waals surface area (Å²) >= 11 is 0. The number of carbonyl (C=O) groups excluding carboxylic acids is 1. The summed E-state index contributed by atoms with van der Waals surface area (Å²) in [4.78, 5) is 14.8. The number of halogens is 1. The van der Waals surface area contributed by atoms with Crippen molar-refractivity contribution in [1.29, 1.82) is 0 Å². The molecule has 1 saturated heterocycles. The van der Waals surface area contributed by atoms with E-state index in [-0.39, 0.29) is 30.3 Å². The standard InChI is InChI=1S/C22H26N2O2.ClH/c23-21-15-24(14-20(21)16-7-2-1-3-8-16)22(25)17-9-6-12-19(13-17)26-18-10-4-5-11-18;/h1-3,6-9,12-13,18,20-21H,4-5,10-11,14-15,23H2;1H/t20-,21+;/m0./s1. The number of carbonyl (C=O) groups is 1. The molecule has 0 radical (unpaired) electrons. The minimum atomic E-state index is -0.0285. The van der Waals surface area contributed by atoms with Gasteiger partial charge in [-0.25, -0.2) is 0 Å². The van der Waals surface area contributed by atoms with E-state index in [1.54, 1.807) is 0 Å². The number of likely N-dealkylation sites (tertiary alicyclic amines) is 1. The fourth-order valence-corrected chi connectivity index (χ4v) is 4.13. The molecule has 1 aliphatic heterocycles. The van der Waals surface area contributed by atoms with Crippen molar-refractivity contribution in [3.05, 3.63) is 65.7 Å². The molecule has 0 bridgehead atoms. The second-order valence-electron chi connectivity index (χ2n) is 7.44. The quantitative estimate of drug-likeness (QED) is 0.864. The van der Waals surface area contributed by atoms with Gasteiger partial charge < -0.3 is 15.4 Å². The molecule has 1 heterocycles. The van der Waals surface area contributed by atoms with Crippen LogP contribution in [0, 0.1) is 0 Å². The van der Waals surface area contributed by atoms with E-state index >= 15 is 0 Å². The molecule has 2 atom stereocenters. The van der Waals surface area contributed by atoms with Crippen molar-refractivity contribution in [2.45, 2.75) is 43.7 Å². The molecule has 0 unspecified atom stereocenters.